The molecule has 0 aliphatic carbocycles. The quantitative estimate of drug-likeness (QED) is 0.526. The summed E-state index contributed by atoms with van der Waals surface area (Å²) in [7, 11) is 1.55. The molecule has 0 fully saturated rings. The van der Waals surface area contributed by atoms with E-state index < -0.39 is 5.97 Å². The second kappa shape index (κ2) is 9.48. The largest absolute Gasteiger partial charge is 0.489 e. The molecule has 0 amide bonds. The van der Waals surface area contributed by atoms with Crippen LogP contribution in [-0.4, -0.2) is 32.9 Å². The van der Waals surface area contributed by atoms with Crippen molar-refractivity contribution in [1.29, 1.82) is 0 Å². The molecule has 0 saturated heterocycles. The predicted octanol–water partition coefficient (Wildman–Crippen LogP) is 2.83. The molecule has 0 N–H and O–H groups in total. The van der Waals surface area contributed by atoms with Crippen molar-refractivity contribution in [3.05, 3.63) is 60.2 Å². The van der Waals surface area contributed by atoms with Crippen molar-refractivity contribution in [3.8, 4) is 11.5 Å². The molecule has 122 valence electrons. The average Bonchev–Trinajstić information content (AvgIpc) is 2.60. The minimum atomic E-state index is -0.425. The van der Waals surface area contributed by atoms with E-state index in [1.807, 2.05) is 30.3 Å². The molecule has 0 bridgehead atoms. The highest BCUT2D eigenvalue weighted by Crippen LogP contribution is 2.18. The van der Waals surface area contributed by atoms with Gasteiger partial charge in [0.1, 0.15) is 24.7 Å². The number of hydrogen-bond acceptors (Lipinski definition) is 5. The van der Waals surface area contributed by atoms with Crippen molar-refractivity contribution in [1.82, 2.24) is 0 Å². The first-order valence-corrected chi connectivity index (χ1v) is 7.32. The Morgan fingerprint density at radius 1 is 0.870 bits per heavy atom. The molecular weight excluding hydrogens is 296 g/mol. The van der Waals surface area contributed by atoms with Gasteiger partial charge in [-0.05, 0) is 29.8 Å². The van der Waals surface area contributed by atoms with Gasteiger partial charge >= 0.3 is 5.97 Å². The fourth-order valence-corrected chi connectivity index (χ4v) is 1.80. The fourth-order valence-electron chi connectivity index (χ4n) is 1.80. The lowest BCUT2D eigenvalue weighted by atomic mass is 10.2. The number of methoxy groups -OCH3 is 1. The first-order chi connectivity index (χ1) is 11.3. The first kappa shape index (κ1) is 16.8. The van der Waals surface area contributed by atoms with Gasteiger partial charge in [0, 0.05) is 7.11 Å². The molecule has 23 heavy (non-hydrogen) atoms. The van der Waals surface area contributed by atoms with E-state index in [0.29, 0.717) is 19.0 Å². The van der Waals surface area contributed by atoms with Gasteiger partial charge in [0.05, 0.1) is 6.61 Å². The van der Waals surface area contributed by atoms with Crippen LogP contribution in [0.1, 0.15) is 5.56 Å². The van der Waals surface area contributed by atoms with Crippen molar-refractivity contribution >= 4 is 5.97 Å². The van der Waals surface area contributed by atoms with E-state index in [4.69, 9.17) is 18.9 Å². The summed E-state index contributed by atoms with van der Waals surface area (Å²) in [4.78, 5) is 11.4. The van der Waals surface area contributed by atoms with Crippen LogP contribution in [0.25, 0.3) is 0 Å². The van der Waals surface area contributed by atoms with Crippen molar-refractivity contribution in [2.45, 2.75) is 6.61 Å². The first-order valence-electron chi connectivity index (χ1n) is 7.32. The Morgan fingerprint density at radius 3 is 2.17 bits per heavy atom. The number of hydrogen-bond donors (Lipinski definition) is 0. The van der Waals surface area contributed by atoms with Crippen molar-refractivity contribution in [2.24, 2.45) is 0 Å². The van der Waals surface area contributed by atoms with E-state index in [-0.39, 0.29) is 13.2 Å². The summed E-state index contributed by atoms with van der Waals surface area (Å²) in [5.74, 6) is 0.899. The standard InChI is InChI=1S/C18H20O5/c1-20-11-12-21-18(19)14-23-17-9-7-16(8-10-17)22-13-15-5-3-2-4-6-15/h2-10H,11-14H2,1H3. The van der Waals surface area contributed by atoms with Crippen LogP contribution < -0.4 is 9.47 Å². The molecule has 2 rings (SSSR count). The number of carbonyl (C=O) groups is 1. The van der Waals surface area contributed by atoms with Crippen LogP contribution in [0.5, 0.6) is 11.5 Å². The van der Waals surface area contributed by atoms with Crippen LogP contribution in [0.3, 0.4) is 0 Å². The third-order valence-corrected chi connectivity index (χ3v) is 2.98. The molecule has 0 heterocycles. The van der Waals surface area contributed by atoms with Crippen LogP contribution in [0, 0.1) is 0 Å². The van der Waals surface area contributed by atoms with Gasteiger partial charge < -0.3 is 18.9 Å². The minimum absolute atomic E-state index is 0.131. The van der Waals surface area contributed by atoms with Gasteiger partial charge in [0.25, 0.3) is 0 Å². The van der Waals surface area contributed by atoms with Crippen LogP contribution in [0.15, 0.2) is 54.6 Å². The van der Waals surface area contributed by atoms with Crippen LogP contribution in [0.2, 0.25) is 0 Å². The van der Waals surface area contributed by atoms with Gasteiger partial charge in [0.2, 0.25) is 0 Å². The zero-order valence-electron chi connectivity index (χ0n) is 13.1. The summed E-state index contributed by atoms with van der Waals surface area (Å²) in [6.07, 6.45) is 0. The SMILES string of the molecule is COCCOC(=O)COc1ccc(OCc2ccccc2)cc1. The molecule has 0 radical (unpaired) electrons. The summed E-state index contributed by atoms with van der Waals surface area (Å²) in [6, 6.07) is 17.0. The second-order valence-electron chi connectivity index (χ2n) is 4.75. The average molecular weight is 316 g/mol. The second-order valence-corrected chi connectivity index (χ2v) is 4.75. The van der Waals surface area contributed by atoms with Gasteiger partial charge in [-0.1, -0.05) is 30.3 Å². The maximum Gasteiger partial charge on any atom is 0.344 e. The number of carbonyl (C=O) groups excluding carboxylic acids is 1. The Bertz CT molecular complexity index is 580. The molecule has 0 atom stereocenters. The van der Waals surface area contributed by atoms with Gasteiger partial charge in [-0.3, -0.25) is 0 Å². The van der Waals surface area contributed by atoms with Crippen molar-refractivity contribution in [3.63, 3.8) is 0 Å². The summed E-state index contributed by atoms with van der Waals surface area (Å²) >= 11 is 0. The Labute approximate surface area is 135 Å². The summed E-state index contributed by atoms with van der Waals surface area (Å²) in [5.41, 5.74) is 1.10. The predicted molar refractivity (Wildman–Crippen MR) is 85.5 cm³/mol. The Morgan fingerprint density at radius 2 is 1.52 bits per heavy atom. The van der Waals surface area contributed by atoms with Gasteiger partial charge in [-0.2, -0.15) is 0 Å². The van der Waals surface area contributed by atoms with E-state index in [1.54, 1.807) is 31.4 Å². The van der Waals surface area contributed by atoms with Gasteiger partial charge in [0.15, 0.2) is 6.61 Å². The van der Waals surface area contributed by atoms with Crippen LogP contribution in [0.4, 0.5) is 0 Å². The smallest absolute Gasteiger partial charge is 0.344 e. The summed E-state index contributed by atoms with van der Waals surface area (Å²) < 4.78 is 20.7. The number of benzene rings is 2. The van der Waals surface area contributed by atoms with E-state index in [1.165, 1.54) is 0 Å². The van der Waals surface area contributed by atoms with E-state index in [2.05, 4.69) is 0 Å². The maximum atomic E-state index is 11.4. The number of ether oxygens (including phenoxy) is 4. The highest BCUT2D eigenvalue weighted by atomic mass is 16.6. The third-order valence-electron chi connectivity index (χ3n) is 2.98. The Kier molecular flexibility index (Phi) is 6.94. The normalized spacial score (nSPS) is 10.1. The van der Waals surface area contributed by atoms with Gasteiger partial charge in [-0.15, -0.1) is 0 Å². The number of rotatable bonds is 9. The lowest BCUT2D eigenvalue weighted by Gasteiger charge is -2.09. The lowest BCUT2D eigenvalue weighted by Crippen LogP contribution is -2.17. The van der Waals surface area contributed by atoms with Crippen molar-refractivity contribution < 1.29 is 23.7 Å². The lowest BCUT2D eigenvalue weighted by molar-refractivity contribution is -0.147. The minimum Gasteiger partial charge on any atom is -0.489 e. The Hall–Kier alpha value is -2.53. The highest BCUT2D eigenvalue weighted by molar-refractivity contribution is 5.71. The number of esters is 1. The molecule has 0 unspecified atom stereocenters. The summed E-state index contributed by atoms with van der Waals surface area (Å²) in [5, 5.41) is 0. The molecule has 5 nitrogen and oxygen atoms in total. The summed E-state index contributed by atoms with van der Waals surface area (Å²) in [6.45, 7) is 0.977. The molecule has 0 aromatic heterocycles. The molecule has 0 spiro atoms. The van der Waals surface area contributed by atoms with Crippen molar-refractivity contribution in [2.75, 3.05) is 26.9 Å². The molecule has 0 aliphatic heterocycles. The zero-order chi connectivity index (χ0) is 16.3. The fraction of sp³-hybridized carbons (Fsp3) is 0.278. The Balaban J connectivity index is 1.72. The monoisotopic (exact) mass is 316 g/mol. The van der Waals surface area contributed by atoms with Gasteiger partial charge in [-0.25, -0.2) is 4.79 Å². The molecule has 0 aliphatic rings. The third kappa shape index (κ3) is 6.40. The molecular formula is C18H20O5. The molecule has 0 saturated carbocycles. The molecule has 2 aromatic carbocycles. The molecule has 5 heteroatoms. The topological polar surface area (TPSA) is 54.0 Å². The van der Waals surface area contributed by atoms with E-state index in [9.17, 15) is 4.79 Å². The van der Waals surface area contributed by atoms with Crippen LogP contribution >= 0.6 is 0 Å². The highest BCUT2D eigenvalue weighted by Gasteiger charge is 2.04. The van der Waals surface area contributed by atoms with Crippen LogP contribution in [-0.2, 0) is 20.9 Å². The molecule has 2 aromatic rings. The zero-order valence-corrected chi connectivity index (χ0v) is 13.1. The van der Waals surface area contributed by atoms with E-state index in [0.717, 1.165) is 11.3 Å². The van der Waals surface area contributed by atoms with E-state index >= 15 is 0 Å². The maximum absolute atomic E-state index is 11.4.